The molecule has 0 bridgehead atoms. The van der Waals surface area contributed by atoms with Crippen molar-refractivity contribution in [3.63, 3.8) is 0 Å². The minimum atomic E-state index is 0.758. The lowest BCUT2D eigenvalue weighted by atomic mass is 10.1. The predicted octanol–water partition coefficient (Wildman–Crippen LogP) is 5.38. The van der Waals surface area contributed by atoms with Crippen LogP contribution < -0.4 is 9.70 Å². The molecule has 6 nitrogen and oxygen atoms in total. The van der Waals surface area contributed by atoms with Crippen LogP contribution in [0, 0.1) is 13.8 Å². The molecule has 33 heavy (non-hydrogen) atoms. The molecule has 5 rings (SSSR count). The van der Waals surface area contributed by atoms with Gasteiger partial charge < -0.3 is 14.1 Å². The van der Waals surface area contributed by atoms with Crippen molar-refractivity contribution in [3.05, 3.63) is 87.7 Å². The van der Waals surface area contributed by atoms with Gasteiger partial charge in [-0.1, -0.05) is 29.8 Å². The van der Waals surface area contributed by atoms with E-state index >= 15 is 0 Å². The number of anilines is 1. The summed E-state index contributed by atoms with van der Waals surface area (Å²) >= 11 is 1.54. The van der Waals surface area contributed by atoms with E-state index in [1.807, 2.05) is 28.4 Å². The zero-order valence-corrected chi connectivity index (χ0v) is 19.6. The number of hydrogen-bond donors (Lipinski definition) is 0. The summed E-state index contributed by atoms with van der Waals surface area (Å²) in [6.07, 6.45) is 3.54. The standard InChI is InChI=1S/C26H26N4O2S/c1-19-5-10-23(20(2)16-19)28-26-30(24(18-33-26)25-4-3-13-32-25)27-17-21-6-8-22(9-7-21)29-11-14-31-15-12-29/h3-10,13,16-18H,11-12,14-15H2,1-2H3. The molecule has 2 aromatic heterocycles. The van der Waals surface area contributed by atoms with Crippen LogP contribution in [0.5, 0.6) is 0 Å². The third-order valence-electron chi connectivity index (χ3n) is 5.62. The van der Waals surface area contributed by atoms with Crippen LogP contribution in [0.4, 0.5) is 11.4 Å². The third-order valence-corrected chi connectivity index (χ3v) is 6.44. The van der Waals surface area contributed by atoms with E-state index in [9.17, 15) is 0 Å². The van der Waals surface area contributed by atoms with Crippen LogP contribution in [0.1, 0.15) is 16.7 Å². The summed E-state index contributed by atoms with van der Waals surface area (Å²) in [5.74, 6) is 0.758. The van der Waals surface area contributed by atoms with E-state index in [0.717, 1.165) is 59.4 Å². The fourth-order valence-electron chi connectivity index (χ4n) is 3.83. The summed E-state index contributed by atoms with van der Waals surface area (Å²) in [5, 5.41) is 6.82. The Morgan fingerprint density at radius 2 is 1.82 bits per heavy atom. The number of thiazole rings is 1. The van der Waals surface area contributed by atoms with E-state index in [0.29, 0.717) is 0 Å². The van der Waals surface area contributed by atoms with Crippen molar-refractivity contribution in [1.29, 1.82) is 0 Å². The monoisotopic (exact) mass is 458 g/mol. The summed E-state index contributed by atoms with van der Waals surface area (Å²) in [5.41, 5.74) is 6.40. The highest BCUT2D eigenvalue weighted by molar-refractivity contribution is 7.07. The zero-order chi connectivity index (χ0) is 22.6. The first-order valence-electron chi connectivity index (χ1n) is 11.0. The molecule has 0 spiro atoms. The van der Waals surface area contributed by atoms with E-state index in [1.165, 1.54) is 11.3 Å². The second-order valence-electron chi connectivity index (χ2n) is 8.03. The van der Waals surface area contributed by atoms with Crippen molar-refractivity contribution in [1.82, 2.24) is 4.68 Å². The van der Waals surface area contributed by atoms with Crippen LogP contribution in [0.3, 0.4) is 0 Å². The smallest absolute Gasteiger partial charge is 0.211 e. The molecule has 168 valence electrons. The van der Waals surface area contributed by atoms with Crippen LogP contribution in [0.2, 0.25) is 0 Å². The molecule has 1 saturated heterocycles. The number of morpholine rings is 1. The van der Waals surface area contributed by atoms with Crippen LogP contribution in [0.15, 0.2) is 80.8 Å². The van der Waals surface area contributed by atoms with Gasteiger partial charge in [-0.3, -0.25) is 0 Å². The minimum Gasteiger partial charge on any atom is -0.463 e. The number of aromatic nitrogens is 1. The Hall–Kier alpha value is -3.42. The number of furan rings is 1. The lowest BCUT2D eigenvalue weighted by molar-refractivity contribution is 0.122. The largest absolute Gasteiger partial charge is 0.463 e. The SMILES string of the molecule is Cc1ccc(N=c2scc(-c3ccco3)n2N=Cc2ccc(N3CCOCC3)cc2)c(C)c1. The van der Waals surface area contributed by atoms with Crippen molar-refractivity contribution >= 4 is 28.9 Å². The summed E-state index contributed by atoms with van der Waals surface area (Å²) in [6, 6.07) is 18.6. The maximum Gasteiger partial charge on any atom is 0.211 e. The number of rotatable bonds is 5. The summed E-state index contributed by atoms with van der Waals surface area (Å²) in [4.78, 5) is 8.04. The molecule has 1 fully saturated rings. The normalized spacial score (nSPS) is 15.0. The molecule has 4 aromatic rings. The molecule has 0 atom stereocenters. The van der Waals surface area contributed by atoms with Crippen LogP contribution in [-0.2, 0) is 4.74 Å². The van der Waals surface area contributed by atoms with Gasteiger partial charge in [0.05, 0.1) is 31.4 Å². The predicted molar refractivity (Wildman–Crippen MR) is 134 cm³/mol. The third kappa shape index (κ3) is 4.84. The Morgan fingerprint density at radius 1 is 1.00 bits per heavy atom. The average molecular weight is 459 g/mol. The molecular weight excluding hydrogens is 432 g/mol. The van der Waals surface area contributed by atoms with Gasteiger partial charge in [0.25, 0.3) is 0 Å². The van der Waals surface area contributed by atoms with Gasteiger partial charge in [-0.25, -0.2) is 9.67 Å². The topological polar surface area (TPSA) is 55.3 Å². The van der Waals surface area contributed by atoms with E-state index in [1.54, 1.807) is 17.6 Å². The minimum absolute atomic E-state index is 0.758. The van der Waals surface area contributed by atoms with Crippen molar-refractivity contribution in [2.75, 3.05) is 31.2 Å². The van der Waals surface area contributed by atoms with Gasteiger partial charge in [-0.2, -0.15) is 5.10 Å². The van der Waals surface area contributed by atoms with Crippen molar-refractivity contribution in [2.45, 2.75) is 13.8 Å². The fourth-order valence-corrected chi connectivity index (χ4v) is 4.66. The number of aryl methyl sites for hydroxylation is 2. The number of hydrogen-bond acceptors (Lipinski definition) is 6. The molecule has 3 heterocycles. The van der Waals surface area contributed by atoms with E-state index in [2.05, 4.69) is 61.2 Å². The quantitative estimate of drug-likeness (QED) is 0.378. The average Bonchev–Trinajstić information content (AvgIpc) is 3.50. The second kappa shape index (κ2) is 9.60. The van der Waals surface area contributed by atoms with Crippen LogP contribution >= 0.6 is 11.3 Å². The number of nitrogens with zero attached hydrogens (tertiary/aromatic N) is 4. The Bertz CT molecular complexity index is 1310. The molecule has 0 aliphatic carbocycles. The first kappa shape index (κ1) is 21.4. The Kier molecular flexibility index (Phi) is 6.24. The van der Waals surface area contributed by atoms with Gasteiger partial charge in [-0.15, -0.1) is 11.3 Å². The molecule has 7 heteroatoms. The molecular formula is C26H26N4O2S. The molecule has 0 amide bonds. The van der Waals surface area contributed by atoms with E-state index in [4.69, 9.17) is 19.2 Å². The van der Waals surface area contributed by atoms with Crippen molar-refractivity contribution < 1.29 is 9.15 Å². The Morgan fingerprint density at radius 3 is 2.55 bits per heavy atom. The fraction of sp³-hybridized carbons (Fsp3) is 0.231. The maximum absolute atomic E-state index is 5.65. The van der Waals surface area contributed by atoms with Crippen molar-refractivity contribution in [3.8, 4) is 11.5 Å². The van der Waals surface area contributed by atoms with Crippen LogP contribution in [-0.4, -0.2) is 37.2 Å². The van der Waals surface area contributed by atoms with Gasteiger partial charge in [-0.05, 0) is 55.3 Å². The first-order chi connectivity index (χ1) is 16.2. The second-order valence-corrected chi connectivity index (χ2v) is 8.87. The molecule has 0 N–H and O–H groups in total. The lowest BCUT2D eigenvalue weighted by Gasteiger charge is -2.28. The molecule has 1 aliphatic rings. The number of ether oxygens (including phenoxy) is 1. The Labute approximate surface area is 197 Å². The highest BCUT2D eigenvalue weighted by Gasteiger charge is 2.12. The van der Waals surface area contributed by atoms with Gasteiger partial charge in [0.2, 0.25) is 4.80 Å². The first-order valence-corrected chi connectivity index (χ1v) is 11.9. The van der Waals surface area contributed by atoms with Gasteiger partial charge in [0.1, 0.15) is 5.69 Å². The lowest BCUT2D eigenvalue weighted by Crippen LogP contribution is -2.36. The van der Waals surface area contributed by atoms with Gasteiger partial charge >= 0.3 is 0 Å². The maximum atomic E-state index is 5.65. The molecule has 0 unspecified atom stereocenters. The highest BCUT2D eigenvalue weighted by atomic mass is 32.1. The van der Waals surface area contributed by atoms with E-state index < -0.39 is 0 Å². The highest BCUT2D eigenvalue weighted by Crippen LogP contribution is 2.23. The zero-order valence-electron chi connectivity index (χ0n) is 18.8. The summed E-state index contributed by atoms with van der Waals surface area (Å²) < 4.78 is 13.0. The van der Waals surface area contributed by atoms with Crippen LogP contribution in [0.25, 0.3) is 11.5 Å². The Balaban J connectivity index is 1.49. The van der Waals surface area contributed by atoms with Crippen molar-refractivity contribution in [2.24, 2.45) is 10.1 Å². The summed E-state index contributed by atoms with van der Waals surface area (Å²) in [6.45, 7) is 7.57. The summed E-state index contributed by atoms with van der Waals surface area (Å²) in [7, 11) is 0. The molecule has 2 aromatic carbocycles. The molecule has 0 saturated carbocycles. The van der Waals surface area contributed by atoms with E-state index in [-0.39, 0.29) is 0 Å². The molecule has 1 aliphatic heterocycles. The molecule has 0 radical (unpaired) electrons. The van der Waals surface area contributed by atoms with Gasteiger partial charge in [0, 0.05) is 24.2 Å². The van der Waals surface area contributed by atoms with Gasteiger partial charge in [0.15, 0.2) is 5.76 Å². The number of benzene rings is 2.